The molecule has 0 heterocycles. The summed E-state index contributed by atoms with van der Waals surface area (Å²) in [4.78, 5) is 10.1. The number of nitrogens with two attached hydrogens (primary N) is 1. The van der Waals surface area contributed by atoms with Crippen LogP contribution in [0.5, 0.6) is 0 Å². The van der Waals surface area contributed by atoms with Crippen LogP contribution in [0.4, 0.5) is 0 Å². The summed E-state index contributed by atoms with van der Waals surface area (Å²) in [7, 11) is 0. The molecule has 0 rings (SSSR count). The monoisotopic (exact) mass is 251 g/mol. The van der Waals surface area contributed by atoms with Gasteiger partial charge in [0.1, 0.15) is 6.23 Å². The summed E-state index contributed by atoms with van der Waals surface area (Å²) in [5.74, 6) is -0.874. The molecule has 0 saturated carbocycles. The third-order valence-electron chi connectivity index (χ3n) is 1.76. The van der Waals surface area contributed by atoms with Gasteiger partial charge in [-0.3, -0.25) is 4.79 Å². The van der Waals surface area contributed by atoms with Crippen molar-refractivity contribution in [2.24, 2.45) is 5.73 Å². The lowest BCUT2D eigenvalue weighted by Gasteiger charge is -2.07. The Morgan fingerprint density at radius 3 is 1.94 bits per heavy atom. The highest BCUT2D eigenvalue weighted by atomic mass is 16.5. The van der Waals surface area contributed by atoms with Crippen LogP contribution in [-0.2, 0) is 19.0 Å². The van der Waals surface area contributed by atoms with Crippen LogP contribution in [0.1, 0.15) is 12.8 Å². The lowest BCUT2D eigenvalue weighted by Crippen LogP contribution is -2.21. The van der Waals surface area contributed by atoms with E-state index in [1.54, 1.807) is 0 Å². The molecule has 0 aliphatic rings. The molecule has 0 aliphatic carbocycles. The maximum atomic E-state index is 10.1. The molecule has 1 unspecified atom stereocenters. The minimum atomic E-state index is -0.874. The van der Waals surface area contributed by atoms with Gasteiger partial charge in [0.2, 0.25) is 0 Å². The van der Waals surface area contributed by atoms with E-state index < -0.39 is 12.2 Å². The van der Waals surface area contributed by atoms with Crippen molar-refractivity contribution in [2.75, 3.05) is 39.6 Å². The average Bonchev–Trinajstić information content (AvgIpc) is 2.25. The van der Waals surface area contributed by atoms with Gasteiger partial charge >= 0.3 is 5.97 Å². The second kappa shape index (κ2) is 11.7. The van der Waals surface area contributed by atoms with E-state index in [1.807, 2.05) is 0 Å². The zero-order valence-electron chi connectivity index (χ0n) is 9.84. The number of hydrogen-bond acceptors (Lipinski definition) is 6. The molecule has 0 amide bonds. The van der Waals surface area contributed by atoms with Gasteiger partial charge in [0, 0.05) is 6.42 Å². The largest absolute Gasteiger partial charge is 0.481 e. The molecule has 0 aromatic heterocycles. The number of aliphatic carboxylic acids is 1. The van der Waals surface area contributed by atoms with Gasteiger partial charge in [-0.15, -0.1) is 0 Å². The van der Waals surface area contributed by atoms with E-state index >= 15 is 0 Å². The average molecular weight is 251 g/mol. The fourth-order valence-corrected chi connectivity index (χ4v) is 0.905. The fraction of sp³-hybridized carbons (Fsp3) is 0.900. The van der Waals surface area contributed by atoms with E-state index in [4.69, 9.17) is 30.2 Å². The first kappa shape index (κ1) is 16.3. The number of carboxylic acid groups (broad SMARTS) is 1. The van der Waals surface area contributed by atoms with Crippen LogP contribution in [0.2, 0.25) is 0 Å². The highest BCUT2D eigenvalue weighted by Crippen LogP contribution is 1.87. The summed E-state index contributed by atoms with van der Waals surface area (Å²) < 4.78 is 15.3. The van der Waals surface area contributed by atoms with Crippen molar-refractivity contribution in [3.05, 3.63) is 0 Å². The lowest BCUT2D eigenvalue weighted by molar-refractivity contribution is -0.138. The molecule has 0 aromatic carbocycles. The Hall–Kier alpha value is -0.730. The molecule has 17 heavy (non-hydrogen) atoms. The predicted molar refractivity (Wildman–Crippen MR) is 59.5 cm³/mol. The quantitative estimate of drug-likeness (QED) is 0.307. The van der Waals surface area contributed by atoms with E-state index in [1.165, 1.54) is 0 Å². The molecule has 0 aromatic rings. The zero-order chi connectivity index (χ0) is 12.9. The van der Waals surface area contributed by atoms with Crippen LogP contribution < -0.4 is 5.73 Å². The van der Waals surface area contributed by atoms with Crippen molar-refractivity contribution < 1.29 is 29.2 Å². The van der Waals surface area contributed by atoms with Gasteiger partial charge in [0.15, 0.2) is 0 Å². The van der Waals surface area contributed by atoms with Crippen molar-refractivity contribution in [3.63, 3.8) is 0 Å². The molecule has 0 aliphatic heterocycles. The van der Waals surface area contributed by atoms with E-state index in [0.717, 1.165) is 0 Å². The summed E-state index contributed by atoms with van der Waals surface area (Å²) in [6.07, 6.45) is -0.429. The van der Waals surface area contributed by atoms with Crippen LogP contribution in [0.15, 0.2) is 0 Å². The normalized spacial score (nSPS) is 12.6. The fourth-order valence-electron chi connectivity index (χ4n) is 0.905. The molecular formula is C10H21NO6. The summed E-state index contributed by atoms with van der Waals surface area (Å²) in [6.45, 7) is 2.24. The molecule has 0 fully saturated rings. The van der Waals surface area contributed by atoms with Gasteiger partial charge in [-0.2, -0.15) is 0 Å². The number of aliphatic hydroxyl groups excluding tert-OH is 1. The second-order valence-corrected chi connectivity index (χ2v) is 3.34. The number of aliphatic hydroxyl groups is 1. The van der Waals surface area contributed by atoms with Crippen LogP contribution in [-0.4, -0.2) is 62.1 Å². The maximum absolute atomic E-state index is 10.1. The Bertz CT molecular complexity index is 188. The molecule has 0 radical (unpaired) electrons. The first-order valence-corrected chi connectivity index (χ1v) is 5.51. The van der Waals surface area contributed by atoms with E-state index in [9.17, 15) is 4.79 Å². The number of hydrogen-bond donors (Lipinski definition) is 3. The van der Waals surface area contributed by atoms with Crippen molar-refractivity contribution in [1.29, 1.82) is 0 Å². The maximum Gasteiger partial charge on any atom is 0.305 e. The third-order valence-corrected chi connectivity index (χ3v) is 1.76. The first-order chi connectivity index (χ1) is 8.13. The number of carbonyl (C=O) groups is 1. The highest BCUT2D eigenvalue weighted by Gasteiger charge is 1.97. The smallest absolute Gasteiger partial charge is 0.305 e. The Morgan fingerprint density at radius 1 is 1.00 bits per heavy atom. The molecule has 0 spiro atoms. The van der Waals surface area contributed by atoms with Crippen molar-refractivity contribution >= 4 is 5.97 Å². The van der Waals surface area contributed by atoms with Gasteiger partial charge in [-0.05, 0) is 0 Å². The van der Waals surface area contributed by atoms with Gasteiger partial charge in [-0.1, -0.05) is 0 Å². The molecular weight excluding hydrogens is 230 g/mol. The predicted octanol–water partition coefficient (Wildman–Crippen LogP) is -0.822. The summed E-state index contributed by atoms with van der Waals surface area (Å²) in [5, 5.41) is 17.0. The van der Waals surface area contributed by atoms with Crippen molar-refractivity contribution in [3.8, 4) is 0 Å². The van der Waals surface area contributed by atoms with Crippen molar-refractivity contribution in [1.82, 2.24) is 0 Å². The summed E-state index contributed by atoms with van der Waals surface area (Å²) in [6, 6.07) is 0. The van der Waals surface area contributed by atoms with Gasteiger partial charge < -0.3 is 30.2 Å². The Morgan fingerprint density at radius 2 is 1.47 bits per heavy atom. The van der Waals surface area contributed by atoms with Crippen LogP contribution >= 0.6 is 0 Å². The highest BCUT2D eigenvalue weighted by molar-refractivity contribution is 5.66. The van der Waals surface area contributed by atoms with Gasteiger partial charge in [0.05, 0.1) is 46.1 Å². The first-order valence-electron chi connectivity index (χ1n) is 5.51. The zero-order valence-corrected chi connectivity index (χ0v) is 9.84. The molecule has 7 heteroatoms. The van der Waals surface area contributed by atoms with Gasteiger partial charge in [-0.25, -0.2) is 0 Å². The molecule has 0 bridgehead atoms. The van der Waals surface area contributed by atoms with Crippen LogP contribution in [0.25, 0.3) is 0 Å². The Balaban J connectivity index is 2.96. The Kier molecular flexibility index (Phi) is 11.2. The summed E-state index contributed by atoms with van der Waals surface area (Å²) >= 11 is 0. The van der Waals surface area contributed by atoms with Gasteiger partial charge in [0.25, 0.3) is 0 Å². The van der Waals surface area contributed by atoms with Crippen LogP contribution in [0.3, 0.4) is 0 Å². The topological polar surface area (TPSA) is 111 Å². The van der Waals surface area contributed by atoms with E-state index in [-0.39, 0.29) is 13.0 Å². The minimum Gasteiger partial charge on any atom is -0.481 e. The van der Waals surface area contributed by atoms with Crippen LogP contribution in [0, 0.1) is 0 Å². The molecule has 102 valence electrons. The molecule has 0 saturated heterocycles. The number of carboxylic acids is 1. The van der Waals surface area contributed by atoms with E-state index in [2.05, 4.69) is 0 Å². The number of rotatable bonds is 12. The Labute approximate surface area is 100 Å². The second-order valence-electron chi connectivity index (χ2n) is 3.34. The minimum absolute atomic E-state index is 0.00449. The third kappa shape index (κ3) is 15.3. The van der Waals surface area contributed by atoms with Crippen molar-refractivity contribution in [2.45, 2.75) is 19.1 Å². The standard InChI is InChI=1S/C10H21NO6/c11-9(12)1-3-15-5-7-17-8-6-16-4-2-10(13)14/h9,12H,1-8,11H2,(H,13,14). The number of ether oxygens (including phenoxy) is 3. The summed E-state index contributed by atoms with van der Waals surface area (Å²) in [5.41, 5.74) is 5.11. The molecule has 1 atom stereocenters. The molecule has 4 N–H and O–H groups in total. The van der Waals surface area contributed by atoms with E-state index in [0.29, 0.717) is 39.5 Å². The lowest BCUT2D eigenvalue weighted by atomic mass is 10.4. The molecule has 7 nitrogen and oxygen atoms in total. The SMILES string of the molecule is NC(O)CCOCCOCCOCCC(=O)O.